The molecule has 6 heteroatoms. The van der Waals surface area contributed by atoms with E-state index in [9.17, 15) is 4.39 Å². The minimum absolute atomic E-state index is 0.371. The summed E-state index contributed by atoms with van der Waals surface area (Å²) in [5.74, 6) is 0.409. The fourth-order valence-electron chi connectivity index (χ4n) is 1.88. The van der Waals surface area contributed by atoms with E-state index in [1.807, 2.05) is 0 Å². The van der Waals surface area contributed by atoms with E-state index in [-0.39, 0.29) is 5.82 Å². The predicted molar refractivity (Wildman–Crippen MR) is 83.3 cm³/mol. The lowest BCUT2D eigenvalue weighted by Gasteiger charge is -2.09. The van der Waals surface area contributed by atoms with Gasteiger partial charge in [0.05, 0.1) is 10.7 Å². The van der Waals surface area contributed by atoms with E-state index < -0.39 is 0 Å². The molecule has 1 aliphatic rings. The molecule has 1 heterocycles. The quantitative estimate of drug-likeness (QED) is 0.828. The lowest BCUT2D eigenvalue weighted by Crippen LogP contribution is -2.16. The van der Waals surface area contributed by atoms with Crippen molar-refractivity contribution in [2.45, 2.75) is 25.4 Å². The molecular formula is C15H13BrClFN2O. The van der Waals surface area contributed by atoms with Gasteiger partial charge in [0, 0.05) is 29.2 Å². The Balaban J connectivity index is 1.76. The fraction of sp³-hybridized carbons (Fsp3) is 0.267. The van der Waals surface area contributed by atoms with Crippen LogP contribution < -0.4 is 10.1 Å². The summed E-state index contributed by atoms with van der Waals surface area (Å²) in [6.45, 7) is 0.605. The minimum Gasteiger partial charge on any atom is -0.439 e. The summed E-state index contributed by atoms with van der Waals surface area (Å²) in [7, 11) is 0. The van der Waals surface area contributed by atoms with Gasteiger partial charge in [-0.25, -0.2) is 9.37 Å². The molecule has 0 atom stereocenters. The lowest BCUT2D eigenvalue weighted by atomic mass is 10.3. The first-order chi connectivity index (χ1) is 10.1. The van der Waals surface area contributed by atoms with E-state index in [0.29, 0.717) is 33.7 Å². The van der Waals surface area contributed by atoms with Crippen LogP contribution in [0.15, 0.2) is 34.8 Å². The molecule has 0 saturated heterocycles. The number of benzene rings is 1. The summed E-state index contributed by atoms with van der Waals surface area (Å²) in [5.41, 5.74) is 0.733. The molecule has 0 bridgehead atoms. The third-order valence-electron chi connectivity index (χ3n) is 3.09. The van der Waals surface area contributed by atoms with Crippen LogP contribution in [-0.2, 0) is 6.54 Å². The first kappa shape index (κ1) is 14.8. The summed E-state index contributed by atoms with van der Waals surface area (Å²) < 4.78 is 19.5. The Kier molecular flexibility index (Phi) is 4.42. The average molecular weight is 372 g/mol. The third kappa shape index (κ3) is 4.15. The van der Waals surface area contributed by atoms with Crippen molar-refractivity contribution in [1.82, 2.24) is 10.3 Å². The Labute approximate surface area is 135 Å². The topological polar surface area (TPSA) is 34.1 Å². The van der Waals surface area contributed by atoms with Gasteiger partial charge in [-0.05, 0) is 31.0 Å². The molecule has 0 spiro atoms. The second-order valence-corrected chi connectivity index (χ2v) is 6.26. The van der Waals surface area contributed by atoms with Gasteiger partial charge in [0.2, 0.25) is 5.88 Å². The molecule has 1 aliphatic carbocycles. The molecule has 110 valence electrons. The summed E-state index contributed by atoms with van der Waals surface area (Å²) in [5, 5.41) is 3.95. The van der Waals surface area contributed by atoms with Gasteiger partial charge in [0.15, 0.2) is 0 Å². The highest BCUT2D eigenvalue weighted by Gasteiger charge is 2.20. The summed E-state index contributed by atoms with van der Waals surface area (Å²) in [4.78, 5) is 4.37. The van der Waals surface area contributed by atoms with Crippen molar-refractivity contribution in [3.63, 3.8) is 0 Å². The molecule has 0 amide bonds. The first-order valence-electron chi connectivity index (χ1n) is 6.63. The summed E-state index contributed by atoms with van der Waals surface area (Å²) >= 11 is 9.36. The van der Waals surface area contributed by atoms with E-state index in [1.165, 1.54) is 25.0 Å². The number of nitrogens with one attached hydrogen (secondary N) is 1. The van der Waals surface area contributed by atoms with Crippen molar-refractivity contribution in [3.05, 3.63) is 51.3 Å². The number of ether oxygens (including phenoxy) is 1. The van der Waals surface area contributed by atoms with Crippen LogP contribution in [0.3, 0.4) is 0 Å². The monoisotopic (exact) mass is 370 g/mol. The molecule has 1 saturated carbocycles. The summed E-state index contributed by atoms with van der Waals surface area (Å²) in [6, 6.07) is 8.34. The number of hydrogen-bond acceptors (Lipinski definition) is 3. The van der Waals surface area contributed by atoms with Crippen molar-refractivity contribution in [3.8, 4) is 11.6 Å². The van der Waals surface area contributed by atoms with Crippen LogP contribution >= 0.6 is 27.5 Å². The molecule has 21 heavy (non-hydrogen) atoms. The zero-order chi connectivity index (χ0) is 14.8. The second kappa shape index (κ2) is 6.30. The molecule has 0 radical (unpaired) electrons. The first-order valence-corrected chi connectivity index (χ1v) is 7.80. The normalized spacial score (nSPS) is 14.2. The van der Waals surface area contributed by atoms with Crippen LogP contribution in [0.2, 0.25) is 5.02 Å². The van der Waals surface area contributed by atoms with Gasteiger partial charge in [-0.1, -0.05) is 27.5 Å². The van der Waals surface area contributed by atoms with E-state index in [4.69, 9.17) is 16.3 Å². The Morgan fingerprint density at radius 3 is 2.86 bits per heavy atom. The van der Waals surface area contributed by atoms with Crippen molar-refractivity contribution in [1.29, 1.82) is 0 Å². The predicted octanol–water partition coefficient (Wildman–Crippen LogP) is 4.68. The number of halogens is 3. The molecule has 0 aliphatic heterocycles. The van der Waals surface area contributed by atoms with E-state index in [0.717, 1.165) is 5.69 Å². The van der Waals surface area contributed by atoms with Crippen LogP contribution in [0.5, 0.6) is 11.6 Å². The highest BCUT2D eigenvalue weighted by Crippen LogP contribution is 2.27. The minimum atomic E-state index is -0.371. The molecule has 3 nitrogen and oxygen atoms in total. The van der Waals surface area contributed by atoms with Crippen LogP contribution in [0.25, 0.3) is 0 Å². The van der Waals surface area contributed by atoms with Gasteiger partial charge in [0.1, 0.15) is 11.6 Å². The Hall–Kier alpha value is -1.17. The zero-order valence-electron chi connectivity index (χ0n) is 11.1. The number of rotatable bonds is 5. The SMILES string of the molecule is Fc1cc(Br)cc(Oc2ccc(Cl)c(CNC3CC3)n2)c1. The lowest BCUT2D eigenvalue weighted by molar-refractivity contribution is 0.454. The molecule has 0 unspecified atom stereocenters. The second-order valence-electron chi connectivity index (χ2n) is 4.94. The Morgan fingerprint density at radius 2 is 2.14 bits per heavy atom. The standard InChI is InChI=1S/C15H13BrClFN2O/c16-9-5-10(18)7-12(6-9)21-15-4-3-13(17)14(20-15)8-19-11-1-2-11/h3-7,11,19H,1-2,8H2. The van der Waals surface area contributed by atoms with Crippen molar-refractivity contribution < 1.29 is 9.13 Å². The van der Waals surface area contributed by atoms with E-state index in [1.54, 1.807) is 18.2 Å². The molecule has 1 fully saturated rings. The molecule has 2 aromatic rings. The van der Waals surface area contributed by atoms with E-state index in [2.05, 4.69) is 26.2 Å². The molecule has 1 aromatic carbocycles. The van der Waals surface area contributed by atoms with Gasteiger partial charge in [-0.15, -0.1) is 0 Å². The zero-order valence-corrected chi connectivity index (χ0v) is 13.4. The Bertz CT molecular complexity index is 644. The number of aromatic nitrogens is 1. The van der Waals surface area contributed by atoms with E-state index >= 15 is 0 Å². The maximum atomic E-state index is 13.3. The number of pyridine rings is 1. The molecule has 3 rings (SSSR count). The molecule has 1 aromatic heterocycles. The Morgan fingerprint density at radius 1 is 1.33 bits per heavy atom. The van der Waals surface area contributed by atoms with Gasteiger partial charge < -0.3 is 10.1 Å². The molecular weight excluding hydrogens is 359 g/mol. The van der Waals surface area contributed by atoms with Crippen LogP contribution in [0, 0.1) is 5.82 Å². The fourth-order valence-corrected chi connectivity index (χ4v) is 2.50. The smallest absolute Gasteiger partial charge is 0.219 e. The van der Waals surface area contributed by atoms with Gasteiger partial charge in [-0.3, -0.25) is 0 Å². The largest absolute Gasteiger partial charge is 0.439 e. The number of hydrogen-bond donors (Lipinski definition) is 1. The average Bonchev–Trinajstić information content (AvgIpc) is 3.22. The van der Waals surface area contributed by atoms with Crippen molar-refractivity contribution >= 4 is 27.5 Å². The third-order valence-corrected chi connectivity index (χ3v) is 3.89. The molecule has 1 N–H and O–H groups in total. The van der Waals surface area contributed by atoms with Crippen LogP contribution in [0.4, 0.5) is 4.39 Å². The maximum absolute atomic E-state index is 13.3. The van der Waals surface area contributed by atoms with Crippen molar-refractivity contribution in [2.24, 2.45) is 0 Å². The summed E-state index contributed by atoms with van der Waals surface area (Å²) in [6.07, 6.45) is 2.40. The maximum Gasteiger partial charge on any atom is 0.219 e. The highest BCUT2D eigenvalue weighted by molar-refractivity contribution is 9.10. The van der Waals surface area contributed by atoms with Crippen LogP contribution in [0.1, 0.15) is 18.5 Å². The van der Waals surface area contributed by atoms with Gasteiger partial charge in [0.25, 0.3) is 0 Å². The number of nitrogens with zero attached hydrogens (tertiary/aromatic N) is 1. The van der Waals surface area contributed by atoms with Crippen molar-refractivity contribution in [2.75, 3.05) is 0 Å². The van der Waals surface area contributed by atoms with Gasteiger partial charge >= 0.3 is 0 Å². The van der Waals surface area contributed by atoms with Crippen LogP contribution in [-0.4, -0.2) is 11.0 Å². The van der Waals surface area contributed by atoms with Gasteiger partial charge in [-0.2, -0.15) is 0 Å². The highest BCUT2D eigenvalue weighted by atomic mass is 79.9.